The standard InChI is InChI=1S/C11H12ClN3/c12-10-7-3-1-4-8(9(7)14-15-10)11(13)5-2-6-11/h1,3-4H,2,5-6,13H2,(H,14,15). The first kappa shape index (κ1) is 9.19. The first-order chi connectivity index (χ1) is 7.21. The molecule has 1 aliphatic carbocycles. The van der Waals surface area contributed by atoms with E-state index < -0.39 is 0 Å². The number of hydrogen-bond acceptors (Lipinski definition) is 2. The lowest BCUT2D eigenvalue weighted by Gasteiger charge is -2.38. The van der Waals surface area contributed by atoms with Crippen molar-refractivity contribution in [1.29, 1.82) is 0 Å². The molecule has 0 radical (unpaired) electrons. The number of nitrogens with two attached hydrogens (primary N) is 1. The Labute approximate surface area is 92.6 Å². The molecule has 0 bridgehead atoms. The van der Waals surface area contributed by atoms with Crippen LogP contribution >= 0.6 is 11.6 Å². The van der Waals surface area contributed by atoms with Gasteiger partial charge >= 0.3 is 0 Å². The van der Waals surface area contributed by atoms with E-state index in [9.17, 15) is 0 Å². The Bertz CT molecular complexity index is 514. The van der Waals surface area contributed by atoms with Crippen LogP contribution in [0.15, 0.2) is 18.2 Å². The fraction of sp³-hybridized carbons (Fsp3) is 0.364. The summed E-state index contributed by atoms with van der Waals surface area (Å²) in [6, 6.07) is 6.01. The van der Waals surface area contributed by atoms with E-state index in [4.69, 9.17) is 17.3 Å². The van der Waals surface area contributed by atoms with Crippen molar-refractivity contribution in [1.82, 2.24) is 10.2 Å². The molecule has 1 fully saturated rings. The minimum atomic E-state index is -0.183. The minimum Gasteiger partial charge on any atom is -0.321 e. The van der Waals surface area contributed by atoms with Crippen molar-refractivity contribution < 1.29 is 0 Å². The number of hydrogen-bond donors (Lipinski definition) is 2. The van der Waals surface area contributed by atoms with Gasteiger partial charge in [-0.2, -0.15) is 5.10 Å². The number of nitrogens with one attached hydrogen (secondary N) is 1. The SMILES string of the molecule is NC1(c2cccc3c(Cl)[nH]nc23)CCC1. The van der Waals surface area contributed by atoms with E-state index in [0.29, 0.717) is 5.15 Å². The van der Waals surface area contributed by atoms with E-state index in [0.717, 1.165) is 29.3 Å². The van der Waals surface area contributed by atoms with E-state index in [-0.39, 0.29) is 5.54 Å². The molecule has 3 N–H and O–H groups in total. The molecule has 3 rings (SSSR count). The number of aromatic nitrogens is 2. The Morgan fingerprint density at radius 1 is 1.40 bits per heavy atom. The van der Waals surface area contributed by atoms with Crippen LogP contribution in [0.5, 0.6) is 0 Å². The summed E-state index contributed by atoms with van der Waals surface area (Å²) in [5.74, 6) is 0. The molecule has 1 saturated carbocycles. The highest BCUT2D eigenvalue weighted by Crippen LogP contribution is 2.41. The molecule has 1 heterocycles. The maximum Gasteiger partial charge on any atom is 0.132 e. The Hall–Kier alpha value is -1.06. The van der Waals surface area contributed by atoms with Crippen molar-refractivity contribution in [3.63, 3.8) is 0 Å². The number of H-pyrrole nitrogens is 1. The average molecular weight is 222 g/mol. The molecule has 0 saturated heterocycles. The second-order valence-corrected chi connectivity index (χ2v) is 4.63. The summed E-state index contributed by atoms with van der Waals surface area (Å²) in [6.07, 6.45) is 3.28. The number of aromatic amines is 1. The molecule has 0 atom stereocenters. The fourth-order valence-corrected chi connectivity index (χ4v) is 2.43. The van der Waals surface area contributed by atoms with Crippen LogP contribution in [0.3, 0.4) is 0 Å². The quantitative estimate of drug-likeness (QED) is 0.778. The van der Waals surface area contributed by atoms with Crippen LogP contribution in [0.1, 0.15) is 24.8 Å². The van der Waals surface area contributed by atoms with Gasteiger partial charge in [0.15, 0.2) is 0 Å². The van der Waals surface area contributed by atoms with Crippen LogP contribution in [0.4, 0.5) is 0 Å². The monoisotopic (exact) mass is 221 g/mol. The van der Waals surface area contributed by atoms with E-state index in [1.807, 2.05) is 12.1 Å². The number of benzene rings is 1. The Kier molecular flexibility index (Phi) is 1.82. The van der Waals surface area contributed by atoms with E-state index >= 15 is 0 Å². The summed E-state index contributed by atoms with van der Waals surface area (Å²) in [4.78, 5) is 0. The third kappa shape index (κ3) is 1.20. The van der Waals surface area contributed by atoms with E-state index in [1.165, 1.54) is 6.42 Å². The highest BCUT2D eigenvalue weighted by atomic mass is 35.5. The third-order valence-corrected chi connectivity index (χ3v) is 3.61. The second-order valence-electron chi connectivity index (χ2n) is 4.25. The molecular formula is C11H12ClN3. The van der Waals surface area contributed by atoms with Gasteiger partial charge < -0.3 is 5.73 Å². The second kappa shape index (κ2) is 2.97. The molecule has 15 heavy (non-hydrogen) atoms. The largest absolute Gasteiger partial charge is 0.321 e. The molecule has 0 spiro atoms. The van der Waals surface area contributed by atoms with Gasteiger partial charge in [0.1, 0.15) is 5.15 Å². The van der Waals surface area contributed by atoms with Gasteiger partial charge in [0.25, 0.3) is 0 Å². The van der Waals surface area contributed by atoms with Crippen LogP contribution in [0.25, 0.3) is 10.9 Å². The van der Waals surface area contributed by atoms with Gasteiger partial charge in [0.05, 0.1) is 5.52 Å². The Morgan fingerprint density at radius 3 is 2.87 bits per heavy atom. The maximum absolute atomic E-state index is 6.30. The Balaban J connectivity index is 2.26. The molecule has 0 unspecified atom stereocenters. The molecule has 4 heteroatoms. The molecule has 1 aliphatic rings. The van der Waals surface area contributed by atoms with Gasteiger partial charge in [-0.15, -0.1) is 0 Å². The molecule has 0 amide bonds. The summed E-state index contributed by atoms with van der Waals surface area (Å²) in [7, 11) is 0. The molecule has 0 aliphatic heterocycles. The number of nitrogens with zero attached hydrogens (tertiary/aromatic N) is 1. The summed E-state index contributed by atoms with van der Waals surface area (Å²) in [5, 5.41) is 8.58. The molecule has 78 valence electrons. The lowest BCUT2D eigenvalue weighted by Crippen LogP contribution is -2.43. The summed E-state index contributed by atoms with van der Waals surface area (Å²) in [6.45, 7) is 0. The van der Waals surface area contributed by atoms with Gasteiger partial charge in [-0.05, 0) is 25.3 Å². The fourth-order valence-electron chi connectivity index (χ4n) is 2.24. The third-order valence-electron chi connectivity index (χ3n) is 3.32. The van der Waals surface area contributed by atoms with Crippen LogP contribution < -0.4 is 5.73 Å². The van der Waals surface area contributed by atoms with Crippen molar-refractivity contribution in [2.45, 2.75) is 24.8 Å². The summed E-state index contributed by atoms with van der Waals surface area (Å²) < 4.78 is 0. The lowest BCUT2D eigenvalue weighted by molar-refractivity contribution is 0.255. The highest BCUT2D eigenvalue weighted by Gasteiger charge is 2.36. The number of rotatable bonds is 1. The van der Waals surface area contributed by atoms with Crippen molar-refractivity contribution in [3.8, 4) is 0 Å². The van der Waals surface area contributed by atoms with Gasteiger partial charge in [0.2, 0.25) is 0 Å². The zero-order chi connectivity index (χ0) is 10.5. The Morgan fingerprint density at radius 2 is 2.20 bits per heavy atom. The molecule has 1 aromatic heterocycles. The van der Waals surface area contributed by atoms with Crippen LogP contribution in [-0.2, 0) is 5.54 Å². The van der Waals surface area contributed by atoms with Gasteiger partial charge in [-0.3, -0.25) is 5.10 Å². The van der Waals surface area contributed by atoms with Gasteiger partial charge in [-0.1, -0.05) is 23.7 Å². The van der Waals surface area contributed by atoms with Crippen LogP contribution in [0.2, 0.25) is 5.15 Å². The van der Waals surface area contributed by atoms with E-state index in [2.05, 4.69) is 16.3 Å². The summed E-state index contributed by atoms with van der Waals surface area (Å²) >= 11 is 6.00. The normalized spacial score (nSPS) is 19.1. The zero-order valence-corrected chi connectivity index (χ0v) is 9.01. The van der Waals surface area contributed by atoms with Gasteiger partial charge in [0, 0.05) is 16.5 Å². The highest BCUT2D eigenvalue weighted by molar-refractivity contribution is 6.34. The summed E-state index contributed by atoms with van der Waals surface area (Å²) in [5.41, 5.74) is 8.16. The predicted octanol–water partition coefficient (Wildman–Crippen LogP) is 2.55. The number of para-hydroxylation sites is 1. The topological polar surface area (TPSA) is 54.7 Å². The number of fused-ring (bicyclic) bond motifs is 1. The lowest BCUT2D eigenvalue weighted by atomic mass is 9.72. The maximum atomic E-state index is 6.30. The predicted molar refractivity (Wildman–Crippen MR) is 60.8 cm³/mol. The first-order valence-electron chi connectivity index (χ1n) is 5.13. The minimum absolute atomic E-state index is 0.183. The van der Waals surface area contributed by atoms with E-state index in [1.54, 1.807) is 0 Å². The van der Waals surface area contributed by atoms with Crippen LogP contribution in [0, 0.1) is 0 Å². The molecular weight excluding hydrogens is 210 g/mol. The average Bonchev–Trinajstić information content (AvgIpc) is 2.57. The molecule has 1 aromatic carbocycles. The van der Waals surface area contributed by atoms with Crippen LogP contribution in [-0.4, -0.2) is 10.2 Å². The van der Waals surface area contributed by atoms with Gasteiger partial charge in [-0.25, -0.2) is 0 Å². The van der Waals surface area contributed by atoms with Crippen molar-refractivity contribution in [3.05, 3.63) is 28.9 Å². The smallest absolute Gasteiger partial charge is 0.132 e. The number of halogens is 1. The first-order valence-corrected chi connectivity index (χ1v) is 5.50. The zero-order valence-electron chi connectivity index (χ0n) is 8.26. The van der Waals surface area contributed by atoms with Crippen molar-refractivity contribution in [2.24, 2.45) is 5.73 Å². The van der Waals surface area contributed by atoms with Crippen molar-refractivity contribution >= 4 is 22.5 Å². The molecule has 3 nitrogen and oxygen atoms in total. The molecule has 2 aromatic rings. The van der Waals surface area contributed by atoms with Crippen molar-refractivity contribution in [2.75, 3.05) is 0 Å².